The third-order valence-corrected chi connectivity index (χ3v) is 4.21. The van der Waals surface area contributed by atoms with Gasteiger partial charge in [0.2, 0.25) is 5.91 Å². The molecule has 2 rings (SSSR count). The first-order valence-electron chi connectivity index (χ1n) is 6.95. The van der Waals surface area contributed by atoms with Crippen LogP contribution < -0.4 is 4.74 Å². The summed E-state index contributed by atoms with van der Waals surface area (Å²) >= 11 is 3.40. The molecule has 0 spiro atoms. The Kier molecular flexibility index (Phi) is 5.43. The first-order valence-corrected chi connectivity index (χ1v) is 7.74. The number of nitrogens with zero attached hydrogens (tertiary/aromatic N) is 2. The molecule has 1 saturated heterocycles. The fraction of sp³-hybridized carbons (Fsp3) is 0.533. The van der Waals surface area contributed by atoms with Crippen LogP contribution >= 0.6 is 15.9 Å². The van der Waals surface area contributed by atoms with Gasteiger partial charge in [0.05, 0.1) is 6.04 Å². The maximum atomic E-state index is 12.1. The second kappa shape index (κ2) is 7.09. The molecule has 0 N–H and O–H groups in total. The molecular weight excluding hydrogens is 320 g/mol. The van der Waals surface area contributed by atoms with Crippen molar-refractivity contribution in [1.82, 2.24) is 9.80 Å². The van der Waals surface area contributed by atoms with Gasteiger partial charge >= 0.3 is 0 Å². The third kappa shape index (κ3) is 3.96. The third-order valence-electron chi connectivity index (χ3n) is 3.68. The summed E-state index contributed by atoms with van der Waals surface area (Å²) in [7, 11) is 1.88. The number of halogens is 1. The van der Waals surface area contributed by atoms with Gasteiger partial charge in [0.1, 0.15) is 12.4 Å². The number of carbonyl (C=O) groups is 1. The van der Waals surface area contributed by atoms with Gasteiger partial charge in [-0.25, -0.2) is 0 Å². The second-order valence-electron chi connectivity index (χ2n) is 5.13. The number of benzene rings is 1. The van der Waals surface area contributed by atoms with Crippen molar-refractivity contribution < 1.29 is 9.53 Å². The molecule has 1 aliphatic heterocycles. The molecule has 1 heterocycles. The summed E-state index contributed by atoms with van der Waals surface area (Å²) in [5, 5.41) is 0. The summed E-state index contributed by atoms with van der Waals surface area (Å²) in [5.74, 6) is 1.06. The van der Waals surface area contributed by atoms with Gasteiger partial charge in [-0.15, -0.1) is 0 Å². The van der Waals surface area contributed by atoms with Crippen molar-refractivity contribution in [2.45, 2.75) is 19.4 Å². The van der Waals surface area contributed by atoms with Crippen LogP contribution in [-0.2, 0) is 4.79 Å². The summed E-state index contributed by atoms with van der Waals surface area (Å²) in [4.78, 5) is 16.1. The maximum absolute atomic E-state index is 12.1. The van der Waals surface area contributed by atoms with Gasteiger partial charge in [-0.1, -0.05) is 15.9 Å². The Morgan fingerprint density at radius 3 is 2.70 bits per heavy atom. The zero-order chi connectivity index (χ0) is 14.5. The molecule has 1 aliphatic rings. The molecular formula is C15H21BrN2O2. The Balaban J connectivity index is 1.83. The molecule has 0 aliphatic carbocycles. The quantitative estimate of drug-likeness (QED) is 0.843. The van der Waals surface area contributed by atoms with Crippen LogP contribution in [0.1, 0.15) is 13.3 Å². The molecule has 110 valence electrons. The highest BCUT2D eigenvalue weighted by Crippen LogP contribution is 2.16. The minimum atomic E-state index is -0.0592. The number of hydrogen-bond acceptors (Lipinski definition) is 3. The fourth-order valence-electron chi connectivity index (χ4n) is 2.41. The van der Waals surface area contributed by atoms with Crippen LogP contribution in [0.2, 0.25) is 0 Å². The van der Waals surface area contributed by atoms with Crippen LogP contribution in [0, 0.1) is 0 Å². The molecule has 1 atom stereocenters. The van der Waals surface area contributed by atoms with Gasteiger partial charge in [0, 0.05) is 31.2 Å². The van der Waals surface area contributed by atoms with Crippen LogP contribution in [0.3, 0.4) is 0 Å². The lowest BCUT2D eigenvalue weighted by Crippen LogP contribution is -2.44. The predicted octanol–water partition coefficient (Wildman–Crippen LogP) is 2.38. The van der Waals surface area contributed by atoms with E-state index in [9.17, 15) is 4.79 Å². The van der Waals surface area contributed by atoms with E-state index < -0.39 is 0 Å². The average Bonchev–Trinajstić information content (AvgIpc) is 2.56. The van der Waals surface area contributed by atoms with E-state index in [4.69, 9.17) is 4.74 Å². The van der Waals surface area contributed by atoms with E-state index in [0.717, 1.165) is 36.3 Å². The molecule has 0 bridgehead atoms. The van der Waals surface area contributed by atoms with Crippen molar-refractivity contribution >= 4 is 21.8 Å². The van der Waals surface area contributed by atoms with Gasteiger partial charge in [-0.05, 0) is 37.6 Å². The highest BCUT2D eigenvalue weighted by molar-refractivity contribution is 9.10. The molecule has 0 saturated carbocycles. The van der Waals surface area contributed by atoms with Crippen molar-refractivity contribution in [3.05, 3.63) is 28.7 Å². The van der Waals surface area contributed by atoms with Gasteiger partial charge in [-0.2, -0.15) is 0 Å². The van der Waals surface area contributed by atoms with Gasteiger partial charge in [0.15, 0.2) is 0 Å². The van der Waals surface area contributed by atoms with E-state index in [2.05, 4.69) is 20.8 Å². The summed E-state index contributed by atoms with van der Waals surface area (Å²) in [6.45, 7) is 5.14. The van der Waals surface area contributed by atoms with E-state index >= 15 is 0 Å². The number of amides is 1. The van der Waals surface area contributed by atoms with E-state index in [1.807, 2.05) is 43.1 Å². The smallest absolute Gasteiger partial charge is 0.239 e. The summed E-state index contributed by atoms with van der Waals surface area (Å²) in [5.41, 5.74) is 0. The Labute approximate surface area is 128 Å². The van der Waals surface area contributed by atoms with Gasteiger partial charge < -0.3 is 9.64 Å². The van der Waals surface area contributed by atoms with Crippen LogP contribution in [0.15, 0.2) is 28.7 Å². The van der Waals surface area contributed by atoms with E-state index in [1.54, 1.807) is 0 Å². The number of carbonyl (C=O) groups excluding carboxylic acids is 1. The average molecular weight is 341 g/mol. The number of likely N-dealkylation sites (N-methyl/N-ethyl adjacent to an activating group) is 1. The molecule has 0 unspecified atom stereocenters. The topological polar surface area (TPSA) is 32.8 Å². The normalized spacial score (nSPS) is 20.9. The Bertz CT molecular complexity index is 450. The number of ether oxygens (including phenoxy) is 1. The zero-order valence-electron chi connectivity index (χ0n) is 12.0. The van der Waals surface area contributed by atoms with Crippen molar-refractivity contribution in [2.75, 3.05) is 33.3 Å². The van der Waals surface area contributed by atoms with Crippen LogP contribution in [0.5, 0.6) is 5.75 Å². The zero-order valence-corrected chi connectivity index (χ0v) is 13.6. The second-order valence-corrected chi connectivity index (χ2v) is 6.04. The summed E-state index contributed by atoms with van der Waals surface area (Å²) < 4.78 is 6.77. The summed E-state index contributed by atoms with van der Waals surface area (Å²) in [6.07, 6.45) is 1.02. The van der Waals surface area contributed by atoms with Gasteiger partial charge in [0.25, 0.3) is 0 Å². The van der Waals surface area contributed by atoms with E-state index in [-0.39, 0.29) is 11.9 Å². The van der Waals surface area contributed by atoms with Crippen molar-refractivity contribution in [1.29, 1.82) is 0 Å². The first-order chi connectivity index (χ1) is 9.58. The Hall–Kier alpha value is -1.07. The monoisotopic (exact) mass is 340 g/mol. The van der Waals surface area contributed by atoms with Crippen molar-refractivity contribution in [3.8, 4) is 5.75 Å². The van der Waals surface area contributed by atoms with Crippen LogP contribution in [0.25, 0.3) is 0 Å². The van der Waals surface area contributed by atoms with Gasteiger partial charge in [-0.3, -0.25) is 9.69 Å². The lowest BCUT2D eigenvalue weighted by atomic mass is 10.2. The maximum Gasteiger partial charge on any atom is 0.239 e. The predicted molar refractivity (Wildman–Crippen MR) is 82.9 cm³/mol. The molecule has 1 aromatic carbocycles. The highest BCUT2D eigenvalue weighted by Gasteiger charge is 2.26. The molecule has 1 fully saturated rings. The number of hydrogen-bond donors (Lipinski definition) is 0. The van der Waals surface area contributed by atoms with E-state index in [0.29, 0.717) is 6.61 Å². The van der Waals surface area contributed by atoms with Crippen molar-refractivity contribution in [2.24, 2.45) is 0 Å². The standard InChI is InChI=1S/C15H21BrN2O2/c1-12-15(19)17(2)8-3-9-18(12)10-11-20-14-6-4-13(16)5-7-14/h4-7,12H,3,8-11H2,1-2H3/t12-/m1/s1. The molecule has 1 aromatic rings. The van der Waals surface area contributed by atoms with Crippen LogP contribution in [-0.4, -0.2) is 55.0 Å². The molecule has 0 aromatic heterocycles. The first kappa shape index (κ1) is 15.3. The molecule has 4 nitrogen and oxygen atoms in total. The SMILES string of the molecule is C[C@@H]1C(=O)N(C)CCCN1CCOc1ccc(Br)cc1. The summed E-state index contributed by atoms with van der Waals surface area (Å²) in [6, 6.07) is 7.74. The highest BCUT2D eigenvalue weighted by atomic mass is 79.9. The molecule has 20 heavy (non-hydrogen) atoms. The van der Waals surface area contributed by atoms with Crippen LogP contribution in [0.4, 0.5) is 0 Å². The molecule has 0 radical (unpaired) electrons. The fourth-order valence-corrected chi connectivity index (χ4v) is 2.67. The largest absolute Gasteiger partial charge is 0.492 e. The Morgan fingerprint density at radius 1 is 1.30 bits per heavy atom. The van der Waals surface area contributed by atoms with E-state index in [1.165, 1.54) is 0 Å². The lowest BCUT2D eigenvalue weighted by Gasteiger charge is -2.26. The molecule has 5 heteroatoms. The Morgan fingerprint density at radius 2 is 2.00 bits per heavy atom. The molecule has 1 amide bonds. The lowest BCUT2D eigenvalue weighted by molar-refractivity contribution is -0.133. The number of rotatable bonds is 4. The van der Waals surface area contributed by atoms with Crippen molar-refractivity contribution in [3.63, 3.8) is 0 Å². The minimum absolute atomic E-state index is 0.0592. The minimum Gasteiger partial charge on any atom is -0.492 e.